The number of Topliss-reactive ketones (excluding diaryl/α,β-unsaturated/α-hetero) is 1. The summed E-state index contributed by atoms with van der Waals surface area (Å²) in [6, 6.07) is 6.92. The Bertz CT molecular complexity index is 599. The zero-order chi connectivity index (χ0) is 18.4. The van der Waals surface area contributed by atoms with Gasteiger partial charge in [0.05, 0.1) is 7.85 Å². The van der Waals surface area contributed by atoms with E-state index >= 15 is 0 Å². The first-order valence-electron chi connectivity index (χ1n) is 8.90. The predicted molar refractivity (Wildman–Crippen MR) is 100 cm³/mol. The molecule has 0 spiro atoms. The predicted octanol–water partition coefficient (Wildman–Crippen LogP) is 3.87. The van der Waals surface area contributed by atoms with E-state index in [4.69, 9.17) is 25.2 Å². The molecule has 0 amide bonds. The van der Waals surface area contributed by atoms with Crippen molar-refractivity contribution in [1.29, 1.82) is 0 Å². The molecule has 0 heterocycles. The first-order valence-corrected chi connectivity index (χ1v) is 9.28. The molecule has 25 heavy (non-hydrogen) atoms. The highest BCUT2D eigenvalue weighted by molar-refractivity contribution is 6.30. The average Bonchev–Trinajstić information content (AvgIpc) is 2.62. The van der Waals surface area contributed by atoms with E-state index in [0.717, 1.165) is 6.42 Å². The van der Waals surface area contributed by atoms with Gasteiger partial charge in [0, 0.05) is 16.5 Å². The summed E-state index contributed by atoms with van der Waals surface area (Å²) in [5, 5.41) is 10.2. The molecule has 1 aromatic carbocycles. The van der Waals surface area contributed by atoms with Crippen LogP contribution in [0.4, 0.5) is 0 Å². The molecule has 0 aromatic heterocycles. The molecule has 134 valence electrons. The summed E-state index contributed by atoms with van der Waals surface area (Å²) in [4.78, 5) is 24.4. The standard InChI is InChI=1S/C19H25BClNO3/c20-12-2-1-11-19(22,18(24)25)15-7-3-13(4-8-15)17(23)14-5-9-16(21)10-6-14/h5-6,9-10,13,15H,1-4,7-8,11-12,22H2,(H,24,25)/t13?,15?,19-/m1/s1. The maximum Gasteiger partial charge on any atom is 0.323 e. The molecule has 0 saturated heterocycles. The summed E-state index contributed by atoms with van der Waals surface area (Å²) >= 11 is 5.86. The van der Waals surface area contributed by atoms with Crippen molar-refractivity contribution in [3.05, 3.63) is 34.9 Å². The van der Waals surface area contributed by atoms with Crippen LogP contribution < -0.4 is 5.73 Å². The summed E-state index contributed by atoms with van der Waals surface area (Å²) in [5.74, 6) is -1.01. The Morgan fingerprint density at radius 3 is 2.28 bits per heavy atom. The van der Waals surface area contributed by atoms with Crippen molar-refractivity contribution in [3.8, 4) is 0 Å². The van der Waals surface area contributed by atoms with Gasteiger partial charge in [-0.25, -0.2) is 0 Å². The van der Waals surface area contributed by atoms with Gasteiger partial charge in [0.15, 0.2) is 5.78 Å². The van der Waals surface area contributed by atoms with Crippen molar-refractivity contribution >= 4 is 31.2 Å². The Kier molecular flexibility index (Phi) is 7.09. The van der Waals surface area contributed by atoms with Crippen molar-refractivity contribution in [3.63, 3.8) is 0 Å². The Morgan fingerprint density at radius 2 is 1.76 bits per heavy atom. The fourth-order valence-corrected chi connectivity index (χ4v) is 3.89. The van der Waals surface area contributed by atoms with Gasteiger partial charge in [-0.3, -0.25) is 9.59 Å². The van der Waals surface area contributed by atoms with E-state index < -0.39 is 11.5 Å². The van der Waals surface area contributed by atoms with Crippen LogP contribution in [0.25, 0.3) is 0 Å². The van der Waals surface area contributed by atoms with Crippen molar-refractivity contribution in [2.24, 2.45) is 17.6 Å². The monoisotopic (exact) mass is 361 g/mol. The molecule has 1 aliphatic carbocycles. The van der Waals surface area contributed by atoms with Crippen LogP contribution >= 0.6 is 11.6 Å². The molecule has 2 rings (SSSR count). The summed E-state index contributed by atoms with van der Waals surface area (Å²) in [7, 11) is 5.49. The molecule has 0 bridgehead atoms. The Balaban J connectivity index is 1.98. The fraction of sp³-hybridized carbons (Fsp3) is 0.579. The molecule has 3 N–H and O–H groups in total. The highest BCUT2D eigenvalue weighted by atomic mass is 35.5. The summed E-state index contributed by atoms with van der Waals surface area (Å²) < 4.78 is 0. The topological polar surface area (TPSA) is 80.4 Å². The van der Waals surface area contributed by atoms with Crippen LogP contribution in [0.5, 0.6) is 0 Å². The highest BCUT2D eigenvalue weighted by Gasteiger charge is 2.43. The average molecular weight is 362 g/mol. The van der Waals surface area contributed by atoms with Gasteiger partial charge < -0.3 is 10.8 Å². The van der Waals surface area contributed by atoms with E-state index in [-0.39, 0.29) is 17.6 Å². The zero-order valence-corrected chi connectivity index (χ0v) is 15.2. The largest absolute Gasteiger partial charge is 0.480 e. The first kappa shape index (κ1) is 20.0. The van der Waals surface area contributed by atoms with E-state index in [2.05, 4.69) is 0 Å². The number of carbonyl (C=O) groups excluding carboxylic acids is 1. The minimum Gasteiger partial charge on any atom is -0.480 e. The van der Waals surface area contributed by atoms with Crippen molar-refractivity contribution in [2.75, 3.05) is 0 Å². The third-order valence-electron chi connectivity index (χ3n) is 5.40. The van der Waals surface area contributed by atoms with Gasteiger partial charge in [-0.2, -0.15) is 0 Å². The quantitative estimate of drug-likeness (QED) is 0.418. The maximum atomic E-state index is 12.6. The number of aliphatic carboxylic acids is 1. The second-order valence-corrected chi connectivity index (χ2v) is 7.45. The van der Waals surface area contributed by atoms with Gasteiger partial charge in [-0.1, -0.05) is 30.8 Å². The normalized spacial score (nSPS) is 23.0. The lowest BCUT2D eigenvalue weighted by atomic mass is 9.69. The van der Waals surface area contributed by atoms with Crippen LogP contribution in [-0.2, 0) is 4.79 Å². The number of ketones is 1. The SMILES string of the molecule is [B]CCCC[C@](N)(C(=O)O)C1CCC(C(=O)c2ccc(Cl)cc2)CC1. The number of carbonyl (C=O) groups is 2. The van der Waals surface area contributed by atoms with Gasteiger partial charge in [0.1, 0.15) is 5.54 Å². The number of hydrogen-bond acceptors (Lipinski definition) is 3. The Hall–Kier alpha value is -1.33. The minimum atomic E-state index is -1.22. The van der Waals surface area contributed by atoms with Crippen molar-refractivity contribution in [1.82, 2.24) is 0 Å². The minimum absolute atomic E-state index is 0.0699. The van der Waals surface area contributed by atoms with Crippen LogP contribution in [0.2, 0.25) is 11.3 Å². The van der Waals surface area contributed by atoms with Crippen LogP contribution in [-0.4, -0.2) is 30.2 Å². The number of benzene rings is 1. The first-order chi connectivity index (χ1) is 11.9. The number of carboxylic acids is 1. The van der Waals surface area contributed by atoms with E-state index in [9.17, 15) is 14.7 Å². The van der Waals surface area contributed by atoms with Gasteiger partial charge in [-0.05, 0) is 62.3 Å². The second-order valence-electron chi connectivity index (χ2n) is 7.01. The summed E-state index contributed by atoms with van der Waals surface area (Å²) in [5.41, 5.74) is 5.71. The molecule has 1 saturated carbocycles. The lowest BCUT2D eigenvalue weighted by molar-refractivity contribution is -0.146. The molecule has 1 fully saturated rings. The van der Waals surface area contributed by atoms with Gasteiger partial charge in [0.25, 0.3) is 0 Å². The molecule has 0 unspecified atom stereocenters. The molecule has 1 aromatic rings. The summed E-state index contributed by atoms with van der Waals surface area (Å²) in [6.45, 7) is 0. The number of halogens is 1. The smallest absolute Gasteiger partial charge is 0.323 e. The van der Waals surface area contributed by atoms with Crippen LogP contribution in [0.1, 0.15) is 55.3 Å². The van der Waals surface area contributed by atoms with Crippen molar-refractivity contribution < 1.29 is 14.7 Å². The van der Waals surface area contributed by atoms with Crippen molar-refractivity contribution in [2.45, 2.75) is 56.8 Å². The van der Waals surface area contributed by atoms with E-state index in [1.165, 1.54) is 0 Å². The third-order valence-corrected chi connectivity index (χ3v) is 5.65. The molecule has 4 nitrogen and oxygen atoms in total. The summed E-state index contributed by atoms with van der Waals surface area (Å²) in [6.07, 6.45) is 5.13. The molecule has 0 aliphatic heterocycles. The van der Waals surface area contributed by atoms with Gasteiger partial charge in [0.2, 0.25) is 0 Å². The Labute approximate surface area is 155 Å². The molecule has 6 heteroatoms. The Morgan fingerprint density at radius 1 is 1.16 bits per heavy atom. The zero-order valence-electron chi connectivity index (χ0n) is 14.4. The number of hydrogen-bond donors (Lipinski definition) is 2. The molecular formula is C19H25BClNO3. The van der Waals surface area contributed by atoms with Crippen LogP contribution in [0, 0.1) is 11.8 Å². The molecular weight excluding hydrogens is 336 g/mol. The van der Waals surface area contributed by atoms with E-state index in [1.54, 1.807) is 24.3 Å². The van der Waals surface area contributed by atoms with Gasteiger partial charge in [-0.15, -0.1) is 0 Å². The van der Waals surface area contributed by atoms with Gasteiger partial charge >= 0.3 is 5.97 Å². The number of nitrogens with two attached hydrogens (primary N) is 1. The van der Waals surface area contributed by atoms with E-state index in [0.29, 0.717) is 55.4 Å². The lowest BCUT2D eigenvalue weighted by Crippen LogP contribution is -2.55. The third kappa shape index (κ3) is 4.86. The number of unbranched alkanes of at least 4 members (excludes halogenated alkanes) is 1. The maximum absolute atomic E-state index is 12.6. The van der Waals surface area contributed by atoms with Crippen LogP contribution in [0.15, 0.2) is 24.3 Å². The number of carboxylic acid groups (broad SMARTS) is 1. The number of rotatable bonds is 8. The molecule has 2 radical (unpaired) electrons. The fourth-order valence-electron chi connectivity index (χ4n) is 3.77. The van der Waals surface area contributed by atoms with Crippen LogP contribution in [0.3, 0.4) is 0 Å². The highest BCUT2D eigenvalue weighted by Crippen LogP contribution is 2.38. The lowest BCUT2D eigenvalue weighted by Gasteiger charge is -2.38. The molecule has 1 aliphatic rings. The second kappa shape index (κ2) is 8.86. The molecule has 1 atom stereocenters. The van der Waals surface area contributed by atoms with E-state index in [1.807, 2.05) is 0 Å².